The summed E-state index contributed by atoms with van der Waals surface area (Å²) < 4.78 is 5.19. The van der Waals surface area contributed by atoms with Crippen LogP contribution >= 0.6 is 0 Å². The number of carbonyl (C=O) groups is 3. The van der Waals surface area contributed by atoms with Gasteiger partial charge in [-0.25, -0.2) is 14.6 Å². The molecule has 1 heterocycles. The van der Waals surface area contributed by atoms with Crippen molar-refractivity contribution in [1.29, 1.82) is 0 Å². The van der Waals surface area contributed by atoms with E-state index in [0.29, 0.717) is 5.82 Å². The van der Waals surface area contributed by atoms with Gasteiger partial charge in [0.15, 0.2) is 0 Å². The summed E-state index contributed by atoms with van der Waals surface area (Å²) in [5, 5.41) is 13.4. The Bertz CT molecular complexity index is 653. The SMILES string of the molecule is CC(C)(C)OC(=O)Nc1ncc(NC(=O)C(=O)O)cc1C1CC1.[LiH]. The van der Waals surface area contributed by atoms with Crippen molar-refractivity contribution < 1.29 is 24.2 Å². The number of aromatic nitrogens is 1. The van der Waals surface area contributed by atoms with Crippen molar-refractivity contribution in [3.8, 4) is 0 Å². The first-order chi connectivity index (χ1) is 10.7. The molecule has 2 rings (SSSR count). The number of nitrogens with zero attached hydrogens (tertiary/aromatic N) is 1. The standard InChI is InChI=1S/C15H19N3O5.Li.H/c1-15(2,3)23-14(22)18-11-10(8-4-5-8)6-9(7-16-11)17-12(19)13(20)21;;/h6-8H,4-5H2,1-3H3,(H,17,19)(H,20,21)(H,16,18,22);;. The van der Waals surface area contributed by atoms with Crippen molar-refractivity contribution in [3.63, 3.8) is 0 Å². The molecule has 0 saturated heterocycles. The Hall–Kier alpha value is -2.04. The molecule has 0 unspecified atom stereocenters. The van der Waals surface area contributed by atoms with Gasteiger partial charge in [-0.15, -0.1) is 0 Å². The van der Waals surface area contributed by atoms with E-state index in [-0.39, 0.29) is 30.5 Å². The number of hydrogen-bond donors (Lipinski definition) is 3. The average molecular weight is 329 g/mol. The Morgan fingerprint density at radius 1 is 1.25 bits per heavy atom. The van der Waals surface area contributed by atoms with E-state index in [1.165, 1.54) is 6.20 Å². The third kappa shape index (κ3) is 5.87. The molecule has 0 atom stereocenters. The van der Waals surface area contributed by atoms with Crippen molar-refractivity contribution in [2.24, 2.45) is 0 Å². The minimum atomic E-state index is -1.58. The van der Waals surface area contributed by atoms with Gasteiger partial charge in [-0.3, -0.25) is 10.1 Å². The number of carboxylic acids is 1. The molecular formula is C15H20LiN3O5. The van der Waals surface area contributed by atoms with Gasteiger partial charge in [-0.2, -0.15) is 0 Å². The number of ether oxygens (including phenoxy) is 1. The zero-order valence-corrected chi connectivity index (χ0v) is 13.2. The molecule has 1 aliphatic rings. The Labute approximate surface area is 151 Å². The van der Waals surface area contributed by atoms with Gasteiger partial charge in [0.25, 0.3) is 0 Å². The molecule has 0 aromatic carbocycles. The number of aliphatic carboxylic acids is 1. The van der Waals surface area contributed by atoms with Gasteiger partial charge in [-0.1, -0.05) is 0 Å². The van der Waals surface area contributed by atoms with Crippen LogP contribution in [-0.4, -0.2) is 52.5 Å². The van der Waals surface area contributed by atoms with Crippen LogP contribution in [0.2, 0.25) is 0 Å². The molecule has 24 heavy (non-hydrogen) atoms. The number of hydrogen-bond acceptors (Lipinski definition) is 5. The predicted octanol–water partition coefficient (Wildman–Crippen LogP) is 1.68. The van der Waals surface area contributed by atoms with E-state index >= 15 is 0 Å². The molecule has 0 radical (unpaired) electrons. The molecule has 1 aliphatic carbocycles. The Morgan fingerprint density at radius 2 is 1.88 bits per heavy atom. The summed E-state index contributed by atoms with van der Waals surface area (Å²) in [7, 11) is 0. The third-order valence-corrected chi connectivity index (χ3v) is 3.01. The van der Waals surface area contributed by atoms with Crippen molar-refractivity contribution in [2.75, 3.05) is 10.6 Å². The van der Waals surface area contributed by atoms with Gasteiger partial charge in [0.2, 0.25) is 0 Å². The summed E-state index contributed by atoms with van der Waals surface area (Å²) in [5.41, 5.74) is 0.396. The molecule has 0 spiro atoms. The van der Waals surface area contributed by atoms with E-state index in [9.17, 15) is 14.4 Å². The quantitative estimate of drug-likeness (QED) is 0.573. The summed E-state index contributed by atoms with van der Waals surface area (Å²) >= 11 is 0. The minimum absolute atomic E-state index is 0. The molecule has 3 N–H and O–H groups in total. The molecule has 2 amide bonds. The topological polar surface area (TPSA) is 118 Å². The van der Waals surface area contributed by atoms with Gasteiger partial charge in [-0.05, 0) is 45.6 Å². The number of pyridine rings is 1. The summed E-state index contributed by atoms with van der Waals surface area (Å²) in [5.74, 6) is -2.13. The molecule has 1 fully saturated rings. The maximum atomic E-state index is 11.9. The second-order valence-electron chi connectivity index (χ2n) is 6.32. The Morgan fingerprint density at radius 3 is 2.38 bits per heavy atom. The summed E-state index contributed by atoms with van der Waals surface area (Å²) in [4.78, 5) is 37.7. The van der Waals surface area contributed by atoms with E-state index in [2.05, 4.69) is 15.6 Å². The molecule has 8 nitrogen and oxygen atoms in total. The van der Waals surface area contributed by atoms with Gasteiger partial charge in [0.05, 0.1) is 11.9 Å². The first-order valence-electron chi connectivity index (χ1n) is 7.20. The van der Waals surface area contributed by atoms with Crippen LogP contribution in [0.5, 0.6) is 0 Å². The summed E-state index contributed by atoms with van der Waals surface area (Å²) in [6, 6.07) is 1.62. The van der Waals surface area contributed by atoms with Gasteiger partial charge >= 0.3 is 36.8 Å². The number of carboxylic acid groups (broad SMARTS) is 1. The van der Waals surface area contributed by atoms with E-state index in [4.69, 9.17) is 9.84 Å². The number of nitrogens with one attached hydrogen (secondary N) is 2. The molecule has 0 bridgehead atoms. The molecular weight excluding hydrogens is 309 g/mol. The molecule has 0 aliphatic heterocycles. The second-order valence-corrected chi connectivity index (χ2v) is 6.32. The van der Waals surface area contributed by atoms with E-state index < -0.39 is 23.6 Å². The van der Waals surface area contributed by atoms with E-state index in [1.807, 2.05) is 0 Å². The predicted molar refractivity (Wildman–Crippen MR) is 89.5 cm³/mol. The first kappa shape index (κ1) is 20.0. The fourth-order valence-corrected chi connectivity index (χ4v) is 1.94. The van der Waals surface area contributed by atoms with Crippen LogP contribution in [-0.2, 0) is 14.3 Å². The van der Waals surface area contributed by atoms with Crippen molar-refractivity contribution in [2.45, 2.75) is 45.1 Å². The fourth-order valence-electron chi connectivity index (χ4n) is 1.94. The maximum absolute atomic E-state index is 11.9. The van der Waals surface area contributed by atoms with Crippen LogP contribution < -0.4 is 10.6 Å². The van der Waals surface area contributed by atoms with E-state index in [1.54, 1.807) is 26.8 Å². The molecule has 9 heteroatoms. The molecule has 126 valence electrons. The summed E-state index contributed by atoms with van der Waals surface area (Å²) in [6.07, 6.45) is 2.57. The van der Waals surface area contributed by atoms with Crippen LogP contribution in [0.15, 0.2) is 12.3 Å². The van der Waals surface area contributed by atoms with Crippen LogP contribution in [0.4, 0.5) is 16.3 Å². The van der Waals surface area contributed by atoms with E-state index in [0.717, 1.165) is 18.4 Å². The number of anilines is 2. The van der Waals surface area contributed by atoms with Crippen LogP contribution in [0.1, 0.15) is 45.1 Å². The van der Waals surface area contributed by atoms with Crippen molar-refractivity contribution in [1.82, 2.24) is 4.98 Å². The molecule has 1 aromatic heterocycles. The monoisotopic (exact) mass is 329 g/mol. The average Bonchev–Trinajstić information content (AvgIpc) is 3.22. The van der Waals surface area contributed by atoms with Gasteiger partial charge < -0.3 is 15.2 Å². The Kier molecular flexibility index (Phi) is 6.41. The normalized spacial score (nSPS) is 13.5. The fraction of sp³-hybridized carbons (Fsp3) is 0.467. The number of amides is 2. The van der Waals surface area contributed by atoms with Gasteiger partial charge in [0.1, 0.15) is 11.4 Å². The number of carbonyl (C=O) groups excluding carboxylic acids is 2. The zero-order valence-electron chi connectivity index (χ0n) is 13.2. The van der Waals surface area contributed by atoms with Gasteiger partial charge in [0, 0.05) is 5.56 Å². The van der Waals surface area contributed by atoms with Crippen molar-refractivity contribution in [3.05, 3.63) is 17.8 Å². The Balaban J connectivity index is 0.00000288. The van der Waals surface area contributed by atoms with Crippen LogP contribution in [0.3, 0.4) is 0 Å². The first-order valence-corrected chi connectivity index (χ1v) is 7.20. The number of rotatable bonds is 3. The van der Waals surface area contributed by atoms with Crippen molar-refractivity contribution >= 4 is 48.3 Å². The zero-order chi connectivity index (χ0) is 17.2. The third-order valence-electron chi connectivity index (χ3n) is 3.01. The van der Waals surface area contributed by atoms with Crippen LogP contribution in [0, 0.1) is 0 Å². The summed E-state index contributed by atoms with van der Waals surface area (Å²) in [6.45, 7) is 5.27. The molecule has 1 saturated carbocycles. The molecule has 1 aromatic rings. The second kappa shape index (κ2) is 7.68. The van der Waals surface area contributed by atoms with Crippen LogP contribution in [0.25, 0.3) is 0 Å².